The summed E-state index contributed by atoms with van der Waals surface area (Å²) >= 11 is 1.53. The molecule has 1 saturated carbocycles. The Hall–Kier alpha value is -2.61. The Balaban J connectivity index is 1.47. The van der Waals surface area contributed by atoms with Crippen molar-refractivity contribution in [3.63, 3.8) is 0 Å². The maximum absolute atomic E-state index is 12.9. The molecule has 0 spiro atoms. The third kappa shape index (κ3) is 3.37. The van der Waals surface area contributed by atoms with Gasteiger partial charge >= 0.3 is 6.03 Å². The number of allylic oxidation sites excluding steroid dienone is 1. The molecule has 4 rings (SSSR count). The molecule has 1 aliphatic carbocycles. The standard InChI is InChI=1S/C18H21N5O2S/c1-12-14(15(22-17(25)21-12)13-4-2-9-26-13)16(24)19-10-18(5-6-18)11-23-8-3-7-20-23/h2-4,7-9,15H,5-6,10-11H2,1H3,(H,19,24)(H2,21,22,25). The van der Waals surface area contributed by atoms with Crippen LogP contribution in [0.4, 0.5) is 4.79 Å². The number of aromatic nitrogens is 2. The van der Waals surface area contributed by atoms with E-state index in [1.165, 1.54) is 11.3 Å². The highest BCUT2D eigenvalue weighted by Gasteiger charge is 2.44. The summed E-state index contributed by atoms with van der Waals surface area (Å²) in [5.41, 5.74) is 1.25. The third-order valence-electron chi connectivity index (χ3n) is 4.98. The molecule has 3 heterocycles. The van der Waals surface area contributed by atoms with E-state index < -0.39 is 6.04 Å². The highest BCUT2D eigenvalue weighted by Crippen LogP contribution is 2.46. The van der Waals surface area contributed by atoms with Gasteiger partial charge in [-0.25, -0.2) is 4.79 Å². The second kappa shape index (κ2) is 6.60. The highest BCUT2D eigenvalue weighted by atomic mass is 32.1. The molecule has 3 N–H and O–H groups in total. The summed E-state index contributed by atoms with van der Waals surface area (Å²) in [6.45, 7) is 3.18. The van der Waals surface area contributed by atoms with Crippen molar-refractivity contribution in [3.05, 3.63) is 52.1 Å². The van der Waals surface area contributed by atoms with Crippen LogP contribution in [0.15, 0.2) is 47.2 Å². The molecular weight excluding hydrogens is 350 g/mol. The summed E-state index contributed by atoms with van der Waals surface area (Å²) in [7, 11) is 0. The molecule has 1 unspecified atom stereocenters. The number of hydrogen-bond donors (Lipinski definition) is 3. The van der Waals surface area contributed by atoms with Crippen molar-refractivity contribution in [2.75, 3.05) is 6.54 Å². The summed E-state index contributed by atoms with van der Waals surface area (Å²) in [5.74, 6) is -0.139. The normalized spacial score (nSPS) is 21.1. The van der Waals surface area contributed by atoms with E-state index in [9.17, 15) is 9.59 Å². The topological polar surface area (TPSA) is 88.1 Å². The Morgan fingerprint density at radius 3 is 2.96 bits per heavy atom. The second-order valence-corrected chi connectivity index (χ2v) is 7.95. The fourth-order valence-corrected chi connectivity index (χ4v) is 4.12. The first-order valence-electron chi connectivity index (χ1n) is 8.64. The van der Waals surface area contributed by atoms with Crippen LogP contribution in [-0.4, -0.2) is 28.3 Å². The molecule has 2 aliphatic rings. The lowest BCUT2D eigenvalue weighted by molar-refractivity contribution is -0.118. The zero-order valence-electron chi connectivity index (χ0n) is 14.5. The van der Waals surface area contributed by atoms with Crippen LogP contribution in [0.25, 0.3) is 0 Å². The van der Waals surface area contributed by atoms with Gasteiger partial charge in [0, 0.05) is 41.5 Å². The van der Waals surface area contributed by atoms with Gasteiger partial charge in [0.15, 0.2) is 0 Å². The van der Waals surface area contributed by atoms with Crippen LogP contribution in [0.3, 0.4) is 0 Å². The molecule has 0 bridgehead atoms. The molecule has 1 aliphatic heterocycles. The van der Waals surface area contributed by atoms with Crippen LogP contribution in [0.5, 0.6) is 0 Å². The Bertz CT molecular complexity index is 837. The molecule has 7 nitrogen and oxygen atoms in total. The molecule has 1 atom stereocenters. The fraction of sp³-hybridized carbons (Fsp3) is 0.389. The Morgan fingerprint density at radius 2 is 2.31 bits per heavy atom. The number of urea groups is 1. The molecular formula is C18H21N5O2S. The van der Waals surface area contributed by atoms with E-state index in [-0.39, 0.29) is 17.4 Å². The number of amides is 3. The quantitative estimate of drug-likeness (QED) is 0.727. The molecule has 0 radical (unpaired) electrons. The first-order chi connectivity index (χ1) is 12.6. The van der Waals surface area contributed by atoms with Crippen LogP contribution < -0.4 is 16.0 Å². The predicted octanol–water partition coefficient (Wildman–Crippen LogP) is 2.17. The van der Waals surface area contributed by atoms with E-state index >= 15 is 0 Å². The summed E-state index contributed by atoms with van der Waals surface area (Å²) in [6.07, 6.45) is 5.87. The number of carbonyl (C=O) groups excluding carboxylic acids is 2. The van der Waals surface area contributed by atoms with E-state index in [2.05, 4.69) is 21.0 Å². The number of nitrogens with zero attached hydrogens (tertiary/aromatic N) is 2. The number of thiophene rings is 1. The highest BCUT2D eigenvalue weighted by molar-refractivity contribution is 7.10. The summed E-state index contributed by atoms with van der Waals surface area (Å²) < 4.78 is 1.92. The van der Waals surface area contributed by atoms with E-state index in [1.54, 1.807) is 13.1 Å². The van der Waals surface area contributed by atoms with Gasteiger partial charge in [-0.1, -0.05) is 6.07 Å². The average molecular weight is 371 g/mol. The van der Waals surface area contributed by atoms with Crippen LogP contribution in [0, 0.1) is 5.41 Å². The van der Waals surface area contributed by atoms with Crippen LogP contribution in [0.2, 0.25) is 0 Å². The SMILES string of the molecule is CC1=C(C(=O)NCC2(Cn3cccn3)CC2)C(c2cccs2)NC(=O)N1. The molecule has 136 valence electrons. The van der Waals surface area contributed by atoms with Crippen molar-refractivity contribution in [1.29, 1.82) is 0 Å². The lowest BCUT2D eigenvalue weighted by atomic mass is 10.00. The van der Waals surface area contributed by atoms with Gasteiger partial charge in [0.25, 0.3) is 5.91 Å². The smallest absolute Gasteiger partial charge is 0.319 e. The van der Waals surface area contributed by atoms with Crippen molar-refractivity contribution in [3.8, 4) is 0 Å². The summed E-state index contributed by atoms with van der Waals surface area (Å²) in [4.78, 5) is 25.7. The van der Waals surface area contributed by atoms with Gasteiger partial charge in [0.05, 0.1) is 11.6 Å². The van der Waals surface area contributed by atoms with Crippen molar-refractivity contribution in [2.45, 2.75) is 32.4 Å². The fourth-order valence-electron chi connectivity index (χ4n) is 3.33. The summed E-state index contributed by atoms with van der Waals surface area (Å²) in [5, 5.41) is 14.9. The maximum Gasteiger partial charge on any atom is 0.319 e. The van der Waals surface area contributed by atoms with Crippen LogP contribution >= 0.6 is 11.3 Å². The van der Waals surface area contributed by atoms with Crippen molar-refractivity contribution in [2.24, 2.45) is 5.41 Å². The zero-order valence-corrected chi connectivity index (χ0v) is 15.3. The Morgan fingerprint density at radius 1 is 1.46 bits per heavy atom. The van der Waals surface area contributed by atoms with Crippen molar-refractivity contribution < 1.29 is 9.59 Å². The monoisotopic (exact) mass is 371 g/mol. The molecule has 2 aromatic heterocycles. The van der Waals surface area contributed by atoms with Gasteiger partial charge in [-0.05, 0) is 37.3 Å². The minimum Gasteiger partial charge on any atom is -0.352 e. The van der Waals surface area contributed by atoms with Gasteiger partial charge in [-0.3, -0.25) is 9.48 Å². The van der Waals surface area contributed by atoms with E-state index in [0.29, 0.717) is 17.8 Å². The largest absolute Gasteiger partial charge is 0.352 e. The van der Waals surface area contributed by atoms with Crippen LogP contribution in [0.1, 0.15) is 30.7 Å². The van der Waals surface area contributed by atoms with Gasteiger partial charge < -0.3 is 16.0 Å². The number of hydrogen-bond acceptors (Lipinski definition) is 4. The molecule has 1 fully saturated rings. The predicted molar refractivity (Wildman–Crippen MR) is 98.3 cm³/mol. The summed E-state index contributed by atoms with van der Waals surface area (Å²) in [6, 6.07) is 5.06. The molecule has 26 heavy (non-hydrogen) atoms. The van der Waals surface area contributed by atoms with Gasteiger partial charge in [0.1, 0.15) is 0 Å². The van der Waals surface area contributed by atoms with Crippen LogP contribution in [-0.2, 0) is 11.3 Å². The van der Waals surface area contributed by atoms with Crippen molar-refractivity contribution in [1.82, 2.24) is 25.7 Å². The Labute approximate surface area is 155 Å². The lowest BCUT2D eigenvalue weighted by Gasteiger charge is -2.28. The minimum atomic E-state index is -0.412. The molecule has 3 amide bonds. The number of rotatable bonds is 6. The first-order valence-corrected chi connectivity index (χ1v) is 9.52. The number of carbonyl (C=O) groups is 2. The minimum absolute atomic E-state index is 0.0833. The average Bonchev–Trinajstić information content (AvgIpc) is 3.03. The zero-order chi connectivity index (χ0) is 18.1. The third-order valence-corrected chi connectivity index (χ3v) is 5.92. The van der Waals surface area contributed by atoms with E-state index in [4.69, 9.17) is 0 Å². The van der Waals surface area contributed by atoms with E-state index in [1.807, 2.05) is 34.5 Å². The van der Waals surface area contributed by atoms with E-state index in [0.717, 1.165) is 24.3 Å². The van der Waals surface area contributed by atoms with Gasteiger partial charge in [0.2, 0.25) is 0 Å². The Kier molecular flexibility index (Phi) is 4.28. The van der Waals surface area contributed by atoms with Gasteiger partial charge in [-0.15, -0.1) is 11.3 Å². The number of nitrogens with one attached hydrogen (secondary N) is 3. The lowest BCUT2D eigenvalue weighted by Crippen LogP contribution is -2.47. The molecule has 0 saturated heterocycles. The molecule has 8 heteroatoms. The molecule has 0 aromatic carbocycles. The van der Waals surface area contributed by atoms with Gasteiger partial charge in [-0.2, -0.15) is 5.10 Å². The molecule has 2 aromatic rings. The maximum atomic E-state index is 12.9. The first kappa shape index (κ1) is 16.8. The van der Waals surface area contributed by atoms with Crippen molar-refractivity contribution >= 4 is 23.3 Å². The second-order valence-electron chi connectivity index (χ2n) is 6.97.